The maximum atomic E-state index is 11.7. The molecule has 0 heterocycles. The third-order valence-corrected chi connectivity index (χ3v) is 4.36. The molecular formula is C18H28N2O. The number of likely N-dealkylation sites (N-methyl/N-ethyl adjacent to an activating group) is 1. The Labute approximate surface area is 128 Å². The van der Waals surface area contributed by atoms with E-state index in [9.17, 15) is 4.79 Å². The fraction of sp³-hybridized carbons (Fsp3) is 0.611. The minimum absolute atomic E-state index is 0.144. The number of rotatable bonds is 4. The highest BCUT2D eigenvalue weighted by Crippen LogP contribution is 2.30. The number of anilines is 1. The summed E-state index contributed by atoms with van der Waals surface area (Å²) >= 11 is 0. The maximum absolute atomic E-state index is 11.7. The van der Waals surface area contributed by atoms with Crippen molar-refractivity contribution >= 4 is 11.6 Å². The van der Waals surface area contributed by atoms with Crippen LogP contribution >= 0.6 is 0 Å². The lowest BCUT2D eigenvalue weighted by Crippen LogP contribution is -2.30. The Morgan fingerprint density at radius 1 is 1.10 bits per heavy atom. The predicted octanol–water partition coefficient (Wildman–Crippen LogP) is 3.55. The number of amides is 1. The Balaban J connectivity index is 1.91. The fourth-order valence-corrected chi connectivity index (χ4v) is 3.35. The van der Waals surface area contributed by atoms with Crippen LogP contribution in [-0.4, -0.2) is 30.9 Å². The topological polar surface area (TPSA) is 32.3 Å². The van der Waals surface area contributed by atoms with Gasteiger partial charge >= 0.3 is 0 Å². The second-order valence-electron chi connectivity index (χ2n) is 6.92. The van der Waals surface area contributed by atoms with Crippen molar-refractivity contribution in [3.05, 3.63) is 29.8 Å². The van der Waals surface area contributed by atoms with Gasteiger partial charge in [-0.05, 0) is 48.8 Å². The normalized spacial score (nSPS) is 25.4. The second-order valence-corrected chi connectivity index (χ2v) is 6.92. The molecule has 2 atom stereocenters. The van der Waals surface area contributed by atoms with Gasteiger partial charge in [0, 0.05) is 25.8 Å². The number of carbonyl (C=O) groups is 1. The number of nitrogens with zero attached hydrogens (tertiary/aromatic N) is 1. The van der Waals surface area contributed by atoms with Gasteiger partial charge < -0.3 is 10.2 Å². The van der Waals surface area contributed by atoms with Crippen molar-refractivity contribution in [3.8, 4) is 0 Å². The summed E-state index contributed by atoms with van der Waals surface area (Å²) in [5.74, 6) is 1.76. The van der Waals surface area contributed by atoms with Gasteiger partial charge in [-0.1, -0.05) is 26.0 Å². The van der Waals surface area contributed by atoms with Gasteiger partial charge in [-0.2, -0.15) is 0 Å². The Morgan fingerprint density at radius 3 is 2.19 bits per heavy atom. The minimum Gasteiger partial charge on any atom is -0.382 e. The number of hydrogen-bond acceptors (Lipinski definition) is 2. The van der Waals surface area contributed by atoms with Crippen molar-refractivity contribution in [2.75, 3.05) is 19.4 Å². The smallest absolute Gasteiger partial charge is 0.226 e. The average Bonchev–Trinajstić information content (AvgIpc) is 2.39. The van der Waals surface area contributed by atoms with Crippen LogP contribution in [0.25, 0.3) is 0 Å². The second kappa shape index (κ2) is 6.97. The molecule has 1 saturated carbocycles. The van der Waals surface area contributed by atoms with Crippen LogP contribution in [0, 0.1) is 11.8 Å². The molecule has 0 aromatic heterocycles. The first kappa shape index (κ1) is 15.9. The van der Waals surface area contributed by atoms with Crippen LogP contribution in [0.5, 0.6) is 0 Å². The maximum Gasteiger partial charge on any atom is 0.226 e. The van der Waals surface area contributed by atoms with Gasteiger partial charge in [-0.25, -0.2) is 0 Å². The SMILES string of the molecule is CC1CC(C)CC(Nc2ccc(CC(=O)N(C)C)cc2)C1. The van der Waals surface area contributed by atoms with E-state index in [2.05, 4.69) is 43.4 Å². The summed E-state index contributed by atoms with van der Waals surface area (Å²) in [4.78, 5) is 13.3. The van der Waals surface area contributed by atoms with Crippen molar-refractivity contribution in [2.45, 2.75) is 45.6 Å². The fourth-order valence-electron chi connectivity index (χ4n) is 3.35. The average molecular weight is 288 g/mol. The molecule has 2 rings (SSSR count). The molecule has 0 spiro atoms. The zero-order chi connectivity index (χ0) is 15.4. The first-order chi connectivity index (χ1) is 9.94. The number of benzene rings is 1. The summed E-state index contributed by atoms with van der Waals surface area (Å²) in [6, 6.07) is 8.89. The molecule has 1 aromatic rings. The van der Waals surface area contributed by atoms with Gasteiger partial charge in [0.2, 0.25) is 5.91 Å². The van der Waals surface area contributed by atoms with Crippen molar-refractivity contribution < 1.29 is 4.79 Å². The molecule has 3 heteroatoms. The zero-order valence-corrected chi connectivity index (χ0v) is 13.7. The predicted molar refractivity (Wildman–Crippen MR) is 88.4 cm³/mol. The van der Waals surface area contributed by atoms with Crippen LogP contribution in [0.2, 0.25) is 0 Å². The van der Waals surface area contributed by atoms with Crippen molar-refractivity contribution in [1.82, 2.24) is 4.90 Å². The first-order valence-electron chi connectivity index (χ1n) is 7.99. The van der Waals surface area contributed by atoms with Gasteiger partial charge in [0.15, 0.2) is 0 Å². The quantitative estimate of drug-likeness (QED) is 0.919. The Bertz CT molecular complexity index is 457. The monoisotopic (exact) mass is 288 g/mol. The molecule has 0 aliphatic heterocycles. The molecule has 1 N–H and O–H groups in total. The van der Waals surface area contributed by atoms with Crippen molar-refractivity contribution in [2.24, 2.45) is 11.8 Å². The van der Waals surface area contributed by atoms with Gasteiger partial charge in [-0.3, -0.25) is 4.79 Å². The van der Waals surface area contributed by atoms with Crippen LogP contribution in [0.4, 0.5) is 5.69 Å². The van der Waals surface area contributed by atoms with E-state index in [-0.39, 0.29) is 5.91 Å². The number of hydrogen-bond donors (Lipinski definition) is 1. The van der Waals surface area contributed by atoms with Gasteiger partial charge in [-0.15, -0.1) is 0 Å². The molecule has 116 valence electrons. The van der Waals surface area contributed by atoms with E-state index >= 15 is 0 Å². The van der Waals surface area contributed by atoms with Crippen LogP contribution in [0.15, 0.2) is 24.3 Å². The highest BCUT2D eigenvalue weighted by molar-refractivity contribution is 5.78. The van der Waals surface area contributed by atoms with Crippen LogP contribution in [-0.2, 0) is 11.2 Å². The van der Waals surface area contributed by atoms with E-state index in [1.165, 1.54) is 24.9 Å². The summed E-state index contributed by atoms with van der Waals surface area (Å²) in [5, 5.41) is 3.65. The Morgan fingerprint density at radius 2 is 1.67 bits per heavy atom. The summed E-state index contributed by atoms with van der Waals surface area (Å²) in [6.45, 7) is 4.70. The van der Waals surface area contributed by atoms with Crippen molar-refractivity contribution in [1.29, 1.82) is 0 Å². The summed E-state index contributed by atoms with van der Waals surface area (Å²) < 4.78 is 0. The van der Waals surface area contributed by atoms with E-state index < -0.39 is 0 Å². The molecule has 1 amide bonds. The molecule has 1 fully saturated rings. The molecule has 2 unspecified atom stereocenters. The lowest BCUT2D eigenvalue weighted by atomic mass is 9.80. The molecule has 1 aliphatic carbocycles. The van der Waals surface area contributed by atoms with E-state index in [0.29, 0.717) is 12.5 Å². The lowest BCUT2D eigenvalue weighted by Gasteiger charge is -2.32. The highest BCUT2D eigenvalue weighted by atomic mass is 16.2. The molecule has 0 saturated heterocycles. The van der Waals surface area contributed by atoms with E-state index in [0.717, 1.165) is 17.4 Å². The largest absolute Gasteiger partial charge is 0.382 e. The highest BCUT2D eigenvalue weighted by Gasteiger charge is 2.23. The molecular weight excluding hydrogens is 260 g/mol. The van der Waals surface area contributed by atoms with E-state index in [4.69, 9.17) is 0 Å². The molecule has 1 aromatic carbocycles. The van der Waals surface area contributed by atoms with Crippen LogP contribution in [0.1, 0.15) is 38.7 Å². The molecule has 3 nitrogen and oxygen atoms in total. The molecule has 21 heavy (non-hydrogen) atoms. The molecule has 0 radical (unpaired) electrons. The zero-order valence-electron chi connectivity index (χ0n) is 13.7. The number of nitrogens with one attached hydrogen (secondary N) is 1. The molecule has 1 aliphatic rings. The van der Waals surface area contributed by atoms with Gasteiger partial charge in [0.25, 0.3) is 0 Å². The number of carbonyl (C=O) groups excluding carboxylic acids is 1. The lowest BCUT2D eigenvalue weighted by molar-refractivity contribution is -0.127. The van der Waals surface area contributed by atoms with Crippen LogP contribution < -0.4 is 5.32 Å². The Hall–Kier alpha value is -1.51. The Kier molecular flexibility index (Phi) is 5.27. The van der Waals surface area contributed by atoms with Gasteiger partial charge in [0.1, 0.15) is 0 Å². The minimum atomic E-state index is 0.144. The summed E-state index contributed by atoms with van der Waals surface area (Å²) in [6.07, 6.45) is 4.34. The van der Waals surface area contributed by atoms with E-state index in [1.807, 2.05) is 0 Å². The van der Waals surface area contributed by atoms with Gasteiger partial charge in [0.05, 0.1) is 6.42 Å². The first-order valence-corrected chi connectivity index (χ1v) is 7.99. The molecule has 0 bridgehead atoms. The third-order valence-electron chi connectivity index (χ3n) is 4.36. The summed E-state index contributed by atoms with van der Waals surface area (Å²) in [5.41, 5.74) is 2.24. The van der Waals surface area contributed by atoms with Crippen molar-refractivity contribution in [3.63, 3.8) is 0 Å². The van der Waals surface area contributed by atoms with Crippen LogP contribution in [0.3, 0.4) is 0 Å². The standard InChI is InChI=1S/C18H28N2O/c1-13-9-14(2)11-17(10-13)19-16-7-5-15(6-8-16)12-18(21)20(3)4/h5-8,13-14,17,19H,9-12H2,1-4H3. The summed E-state index contributed by atoms with van der Waals surface area (Å²) in [7, 11) is 3.59. The third kappa shape index (κ3) is 4.76. The van der Waals surface area contributed by atoms with E-state index in [1.54, 1.807) is 19.0 Å².